The number of carboxylic acid groups (broad SMARTS) is 2. The van der Waals surface area contributed by atoms with Crippen molar-refractivity contribution in [1.29, 1.82) is 0 Å². The van der Waals surface area contributed by atoms with E-state index in [4.69, 9.17) is 10.2 Å². The van der Waals surface area contributed by atoms with Gasteiger partial charge in [0.25, 0.3) is 0 Å². The van der Waals surface area contributed by atoms with Gasteiger partial charge in [0, 0.05) is 11.0 Å². The summed E-state index contributed by atoms with van der Waals surface area (Å²) < 4.78 is 0. The lowest BCUT2D eigenvalue weighted by atomic mass is 10.4. The highest BCUT2D eigenvalue weighted by Crippen LogP contribution is 2.26. The van der Waals surface area contributed by atoms with Crippen molar-refractivity contribution in [3.63, 3.8) is 0 Å². The minimum atomic E-state index is -1.27. The van der Waals surface area contributed by atoms with E-state index < -0.39 is 11.9 Å². The zero-order valence-electron chi connectivity index (χ0n) is 7.58. The smallest absolute Gasteiger partial charge is 0.342 e. The predicted octanol–water partition coefficient (Wildman–Crippen LogP) is 1.83. The zero-order valence-corrected chi connectivity index (χ0v) is 8.40. The van der Waals surface area contributed by atoms with Crippen molar-refractivity contribution in [2.24, 2.45) is 0 Å². The Morgan fingerprint density at radius 1 is 1.13 bits per heavy atom. The maximum absolute atomic E-state index is 10.7. The second-order valence-electron chi connectivity index (χ2n) is 2.57. The van der Waals surface area contributed by atoms with Crippen LogP contribution in [0.4, 0.5) is 0 Å². The molecule has 78 valence electrons. The molecule has 15 heavy (non-hydrogen) atoms. The standard InChI is InChI=1S/C10H8O4S/c11-9(12)6-8(10(13)14)15-7-4-2-1-3-5-7/h1-6H,(H,11,12)(H,13,14)/b8-6-. The zero-order chi connectivity index (χ0) is 11.3. The van der Waals surface area contributed by atoms with Crippen LogP contribution in [0.1, 0.15) is 0 Å². The summed E-state index contributed by atoms with van der Waals surface area (Å²) >= 11 is 0.906. The van der Waals surface area contributed by atoms with Crippen LogP contribution < -0.4 is 0 Å². The third-order valence-corrected chi connectivity index (χ3v) is 2.46. The third kappa shape index (κ3) is 3.86. The van der Waals surface area contributed by atoms with Crippen LogP contribution in [-0.2, 0) is 9.59 Å². The van der Waals surface area contributed by atoms with E-state index in [1.165, 1.54) is 0 Å². The molecule has 0 amide bonds. The molecule has 5 heteroatoms. The van der Waals surface area contributed by atoms with E-state index in [2.05, 4.69) is 0 Å². The van der Waals surface area contributed by atoms with Crippen LogP contribution in [0.25, 0.3) is 0 Å². The monoisotopic (exact) mass is 224 g/mol. The first-order valence-electron chi connectivity index (χ1n) is 4.00. The fourth-order valence-corrected chi connectivity index (χ4v) is 1.66. The molecule has 0 unspecified atom stereocenters. The van der Waals surface area contributed by atoms with E-state index in [0.29, 0.717) is 11.0 Å². The van der Waals surface area contributed by atoms with Gasteiger partial charge in [0.2, 0.25) is 0 Å². The summed E-state index contributed by atoms with van der Waals surface area (Å²) in [4.78, 5) is 21.5. The Hall–Kier alpha value is -1.75. The van der Waals surface area contributed by atoms with Crippen LogP contribution in [0.15, 0.2) is 46.2 Å². The number of hydrogen-bond donors (Lipinski definition) is 2. The van der Waals surface area contributed by atoms with E-state index in [1.807, 2.05) is 0 Å². The second kappa shape index (κ2) is 5.21. The van der Waals surface area contributed by atoms with Gasteiger partial charge < -0.3 is 10.2 Å². The maximum Gasteiger partial charge on any atom is 0.342 e. The molecule has 0 heterocycles. The van der Waals surface area contributed by atoms with Gasteiger partial charge in [0.1, 0.15) is 4.91 Å². The summed E-state index contributed by atoms with van der Waals surface area (Å²) in [6.07, 6.45) is 0.681. The molecule has 0 fully saturated rings. The fraction of sp³-hybridized carbons (Fsp3) is 0. The van der Waals surface area contributed by atoms with Crippen LogP contribution in [0, 0.1) is 0 Å². The van der Waals surface area contributed by atoms with Crippen molar-refractivity contribution in [2.45, 2.75) is 4.90 Å². The van der Waals surface area contributed by atoms with Crippen molar-refractivity contribution in [2.75, 3.05) is 0 Å². The van der Waals surface area contributed by atoms with E-state index >= 15 is 0 Å². The van der Waals surface area contributed by atoms with E-state index in [1.54, 1.807) is 30.3 Å². The molecule has 0 radical (unpaired) electrons. The van der Waals surface area contributed by atoms with E-state index in [-0.39, 0.29) is 4.91 Å². The van der Waals surface area contributed by atoms with Gasteiger partial charge in [0.15, 0.2) is 0 Å². The average Bonchev–Trinajstić information content (AvgIpc) is 2.17. The molecule has 0 aromatic heterocycles. The Morgan fingerprint density at radius 2 is 1.73 bits per heavy atom. The van der Waals surface area contributed by atoms with Gasteiger partial charge in [-0.25, -0.2) is 9.59 Å². The molecule has 0 aliphatic carbocycles. The number of carbonyl (C=O) groups is 2. The number of thioether (sulfide) groups is 1. The Morgan fingerprint density at radius 3 is 2.20 bits per heavy atom. The Bertz CT molecular complexity index is 397. The summed E-state index contributed by atoms with van der Waals surface area (Å²) in [6, 6.07) is 8.73. The first-order chi connectivity index (χ1) is 7.09. The van der Waals surface area contributed by atoms with Crippen LogP contribution in [0.5, 0.6) is 0 Å². The molecule has 0 spiro atoms. The number of benzene rings is 1. The average molecular weight is 224 g/mol. The van der Waals surface area contributed by atoms with Gasteiger partial charge in [-0.1, -0.05) is 30.0 Å². The van der Waals surface area contributed by atoms with E-state index in [0.717, 1.165) is 11.8 Å². The quantitative estimate of drug-likeness (QED) is 0.602. The van der Waals surface area contributed by atoms with Gasteiger partial charge in [-0.2, -0.15) is 0 Å². The normalized spacial score (nSPS) is 11.1. The minimum absolute atomic E-state index is 0.214. The number of aliphatic carboxylic acids is 2. The van der Waals surface area contributed by atoms with Crippen molar-refractivity contribution in [3.05, 3.63) is 41.3 Å². The summed E-state index contributed by atoms with van der Waals surface area (Å²) in [5, 5.41) is 17.2. The topological polar surface area (TPSA) is 74.6 Å². The van der Waals surface area contributed by atoms with E-state index in [9.17, 15) is 9.59 Å². The van der Waals surface area contributed by atoms with Gasteiger partial charge in [-0.05, 0) is 12.1 Å². The van der Waals surface area contributed by atoms with Crippen molar-refractivity contribution in [1.82, 2.24) is 0 Å². The summed E-state index contributed by atoms with van der Waals surface area (Å²) in [7, 11) is 0. The molecule has 0 atom stereocenters. The molecule has 0 aliphatic rings. The van der Waals surface area contributed by atoms with Gasteiger partial charge >= 0.3 is 11.9 Å². The molecule has 1 aromatic carbocycles. The molecular weight excluding hydrogens is 216 g/mol. The number of hydrogen-bond acceptors (Lipinski definition) is 3. The van der Waals surface area contributed by atoms with Gasteiger partial charge in [0.05, 0.1) is 0 Å². The SMILES string of the molecule is O=C(O)/C=C(\Sc1ccccc1)C(=O)O. The summed E-state index contributed by atoms with van der Waals surface area (Å²) in [6.45, 7) is 0. The number of carboxylic acids is 2. The highest BCUT2D eigenvalue weighted by Gasteiger charge is 2.10. The largest absolute Gasteiger partial charge is 0.478 e. The molecule has 1 rings (SSSR count). The van der Waals surface area contributed by atoms with Gasteiger partial charge in [-0.15, -0.1) is 0 Å². The minimum Gasteiger partial charge on any atom is -0.478 e. The van der Waals surface area contributed by atoms with Crippen LogP contribution >= 0.6 is 11.8 Å². The van der Waals surface area contributed by atoms with Crippen LogP contribution in [-0.4, -0.2) is 22.2 Å². The van der Waals surface area contributed by atoms with Crippen molar-refractivity contribution in [3.8, 4) is 0 Å². The Labute approximate surface area is 90.2 Å². The molecule has 2 N–H and O–H groups in total. The fourth-order valence-electron chi connectivity index (χ4n) is 0.863. The van der Waals surface area contributed by atoms with Crippen molar-refractivity contribution >= 4 is 23.7 Å². The van der Waals surface area contributed by atoms with Gasteiger partial charge in [-0.3, -0.25) is 0 Å². The lowest BCUT2D eigenvalue weighted by Gasteiger charge is -2.00. The molecule has 4 nitrogen and oxygen atoms in total. The first kappa shape index (κ1) is 11.3. The van der Waals surface area contributed by atoms with Crippen LogP contribution in [0.2, 0.25) is 0 Å². The molecular formula is C10H8O4S. The Kier molecular flexibility index (Phi) is 3.93. The Balaban J connectivity index is 2.86. The molecule has 0 bridgehead atoms. The highest BCUT2D eigenvalue weighted by atomic mass is 32.2. The molecule has 0 saturated carbocycles. The predicted molar refractivity (Wildman–Crippen MR) is 55.7 cm³/mol. The van der Waals surface area contributed by atoms with Crippen molar-refractivity contribution < 1.29 is 19.8 Å². The second-order valence-corrected chi connectivity index (χ2v) is 3.68. The maximum atomic E-state index is 10.7. The summed E-state index contributed by atoms with van der Waals surface area (Å²) in [5.74, 6) is -2.51. The lowest BCUT2D eigenvalue weighted by molar-refractivity contribution is -0.134. The molecule has 1 aromatic rings. The first-order valence-corrected chi connectivity index (χ1v) is 4.82. The van der Waals surface area contributed by atoms with Crippen LogP contribution in [0.3, 0.4) is 0 Å². The molecule has 0 aliphatic heterocycles. The third-order valence-electron chi connectivity index (χ3n) is 1.44. The highest BCUT2D eigenvalue weighted by molar-refractivity contribution is 8.04. The summed E-state index contributed by atoms with van der Waals surface area (Å²) in [5.41, 5.74) is 0. The number of rotatable bonds is 4. The molecule has 0 saturated heterocycles. The lowest BCUT2D eigenvalue weighted by Crippen LogP contribution is -2.00.